The number of alkyl halides is 1. The maximum atomic E-state index is 13.7. The van der Waals surface area contributed by atoms with Gasteiger partial charge in [-0.05, 0) is 40.7 Å². The normalized spacial score (nSPS) is 25.2. The predicted molar refractivity (Wildman–Crippen MR) is 74.2 cm³/mol. The van der Waals surface area contributed by atoms with E-state index in [1.807, 2.05) is 0 Å². The zero-order chi connectivity index (χ0) is 14.5. The molecule has 5 nitrogen and oxygen atoms in total. The van der Waals surface area contributed by atoms with Crippen molar-refractivity contribution in [3.8, 4) is 0 Å². The molecule has 2 atom stereocenters. The van der Waals surface area contributed by atoms with Gasteiger partial charge in [0.25, 0.3) is 0 Å². The van der Waals surface area contributed by atoms with E-state index in [9.17, 15) is 8.96 Å². The smallest absolute Gasteiger partial charge is 0.314 e. The minimum Gasteiger partial charge on any atom is -0.314 e. The second-order valence-electron chi connectivity index (χ2n) is 5.40. The lowest BCUT2D eigenvalue weighted by atomic mass is 10.1. The number of hydrogen-bond donors (Lipinski definition) is 2. The van der Waals surface area contributed by atoms with Crippen molar-refractivity contribution in [2.24, 2.45) is 0 Å². The number of piperidine rings is 1. The molecular formula is C12H26FN2O3P. The molecule has 0 saturated carbocycles. The standard InChI is InChI=1S/C12H26FN2O3P/c1-9(2)17-19(16,18-10(3)4)8-15-12-5-6-14-7-11(12)13/h9-12,14-15H,5-8H2,1-4H3. The van der Waals surface area contributed by atoms with Gasteiger partial charge >= 0.3 is 7.60 Å². The third-order valence-corrected chi connectivity index (χ3v) is 4.75. The zero-order valence-corrected chi connectivity index (χ0v) is 13.1. The highest BCUT2D eigenvalue weighted by Gasteiger charge is 2.31. The van der Waals surface area contributed by atoms with Crippen molar-refractivity contribution >= 4 is 7.60 Å². The van der Waals surface area contributed by atoms with Crippen molar-refractivity contribution in [3.05, 3.63) is 0 Å². The minimum atomic E-state index is -3.22. The Labute approximate surface area is 115 Å². The van der Waals surface area contributed by atoms with Gasteiger partial charge < -0.3 is 19.7 Å². The lowest BCUT2D eigenvalue weighted by Crippen LogP contribution is -2.49. The average Bonchev–Trinajstić information content (AvgIpc) is 2.25. The van der Waals surface area contributed by atoms with Gasteiger partial charge in [-0.1, -0.05) is 0 Å². The molecule has 1 aliphatic rings. The second kappa shape index (κ2) is 7.70. The van der Waals surface area contributed by atoms with Gasteiger partial charge in [-0.2, -0.15) is 0 Å². The highest BCUT2D eigenvalue weighted by molar-refractivity contribution is 7.53. The van der Waals surface area contributed by atoms with Crippen LogP contribution in [-0.2, 0) is 13.6 Å². The molecule has 19 heavy (non-hydrogen) atoms. The summed E-state index contributed by atoms with van der Waals surface area (Å²) >= 11 is 0. The molecule has 2 unspecified atom stereocenters. The molecule has 0 amide bonds. The molecule has 0 bridgehead atoms. The van der Waals surface area contributed by atoms with Crippen LogP contribution in [0.1, 0.15) is 34.1 Å². The average molecular weight is 296 g/mol. The summed E-state index contributed by atoms with van der Waals surface area (Å²) in [5.41, 5.74) is 0. The largest absolute Gasteiger partial charge is 0.344 e. The molecule has 1 aliphatic heterocycles. The fourth-order valence-electron chi connectivity index (χ4n) is 2.02. The zero-order valence-electron chi connectivity index (χ0n) is 12.2. The van der Waals surface area contributed by atoms with E-state index in [2.05, 4.69) is 10.6 Å². The molecule has 1 heterocycles. The molecule has 114 valence electrons. The van der Waals surface area contributed by atoms with Crippen LogP contribution in [0.4, 0.5) is 4.39 Å². The predicted octanol–water partition coefficient (Wildman–Crippen LogP) is 2.28. The van der Waals surface area contributed by atoms with E-state index in [1.54, 1.807) is 27.7 Å². The first-order valence-electron chi connectivity index (χ1n) is 6.86. The number of hydrogen-bond acceptors (Lipinski definition) is 5. The molecule has 1 saturated heterocycles. The van der Waals surface area contributed by atoms with Crippen molar-refractivity contribution in [1.29, 1.82) is 0 Å². The Morgan fingerprint density at radius 3 is 2.37 bits per heavy atom. The molecule has 0 aromatic heterocycles. The monoisotopic (exact) mass is 296 g/mol. The Kier molecular flexibility index (Phi) is 6.91. The van der Waals surface area contributed by atoms with Crippen LogP contribution < -0.4 is 10.6 Å². The van der Waals surface area contributed by atoms with Crippen LogP contribution in [-0.4, -0.2) is 43.8 Å². The summed E-state index contributed by atoms with van der Waals surface area (Å²) < 4.78 is 37.0. The van der Waals surface area contributed by atoms with Crippen molar-refractivity contribution in [2.45, 2.75) is 58.5 Å². The van der Waals surface area contributed by atoms with Gasteiger partial charge in [0.05, 0.1) is 18.5 Å². The van der Waals surface area contributed by atoms with Gasteiger partial charge in [0.2, 0.25) is 0 Å². The highest BCUT2D eigenvalue weighted by atomic mass is 31.2. The summed E-state index contributed by atoms with van der Waals surface area (Å²) in [5, 5.41) is 5.97. The molecule has 7 heteroatoms. The molecule has 0 aliphatic carbocycles. The molecular weight excluding hydrogens is 270 g/mol. The van der Waals surface area contributed by atoms with Crippen LogP contribution in [0.5, 0.6) is 0 Å². The van der Waals surface area contributed by atoms with Crippen molar-refractivity contribution in [1.82, 2.24) is 10.6 Å². The van der Waals surface area contributed by atoms with E-state index in [4.69, 9.17) is 9.05 Å². The van der Waals surface area contributed by atoms with Gasteiger partial charge in [0, 0.05) is 12.6 Å². The Morgan fingerprint density at radius 1 is 1.32 bits per heavy atom. The lowest BCUT2D eigenvalue weighted by molar-refractivity contribution is 0.137. The van der Waals surface area contributed by atoms with Crippen molar-refractivity contribution in [2.75, 3.05) is 19.4 Å². The van der Waals surface area contributed by atoms with Crippen LogP contribution in [0.25, 0.3) is 0 Å². The molecule has 0 aromatic carbocycles. The first-order valence-corrected chi connectivity index (χ1v) is 8.59. The maximum Gasteiger partial charge on any atom is 0.344 e. The van der Waals surface area contributed by atoms with Crippen molar-refractivity contribution < 1.29 is 18.0 Å². The van der Waals surface area contributed by atoms with Crippen LogP contribution in [0.3, 0.4) is 0 Å². The van der Waals surface area contributed by atoms with Crippen LogP contribution in [0, 0.1) is 0 Å². The topological polar surface area (TPSA) is 59.6 Å². The fourth-order valence-corrected chi connectivity index (χ4v) is 3.96. The van der Waals surface area contributed by atoms with Crippen LogP contribution >= 0.6 is 7.60 Å². The Hall–Kier alpha value is -0.0000000000000000208. The lowest BCUT2D eigenvalue weighted by Gasteiger charge is -2.30. The summed E-state index contributed by atoms with van der Waals surface area (Å²) in [6.07, 6.45) is -0.639. The van der Waals surface area contributed by atoms with Gasteiger partial charge in [-0.15, -0.1) is 0 Å². The van der Waals surface area contributed by atoms with E-state index < -0.39 is 13.8 Å². The molecule has 0 radical (unpaired) electrons. The molecule has 0 aromatic rings. The van der Waals surface area contributed by atoms with Crippen LogP contribution in [0.15, 0.2) is 0 Å². The number of halogens is 1. The number of nitrogens with one attached hydrogen (secondary N) is 2. The molecule has 2 N–H and O–H groups in total. The van der Waals surface area contributed by atoms with Gasteiger partial charge in [0.1, 0.15) is 6.17 Å². The summed E-state index contributed by atoms with van der Waals surface area (Å²) in [5.74, 6) is 0. The van der Waals surface area contributed by atoms with Crippen molar-refractivity contribution in [3.63, 3.8) is 0 Å². The molecule has 1 rings (SSSR count). The van der Waals surface area contributed by atoms with E-state index >= 15 is 0 Å². The van der Waals surface area contributed by atoms with Gasteiger partial charge in [-0.25, -0.2) is 4.39 Å². The van der Waals surface area contributed by atoms with Crippen LogP contribution in [0.2, 0.25) is 0 Å². The number of rotatable bonds is 7. The van der Waals surface area contributed by atoms with E-state index in [-0.39, 0.29) is 24.5 Å². The Morgan fingerprint density at radius 2 is 1.89 bits per heavy atom. The Bertz CT molecular complexity index is 301. The molecule has 1 fully saturated rings. The summed E-state index contributed by atoms with van der Waals surface area (Å²) in [4.78, 5) is 0. The minimum absolute atomic E-state index is 0.0500. The first-order chi connectivity index (χ1) is 8.82. The maximum absolute atomic E-state index is 13.7. The summed E-state index contributed by atoms with van der Waals surface area (Å²) in [7, 11) is -3.22. The fraction of sp³-hybridized carbons (Fsp3) is 1.00. The summed E-state index contributed by atoms with van der Waals surface area (Å²) in [6, 6.07) is -0.291. The molecule has 0 spiro atoms. The summed E-state index contributed by atoms with van der Waals surface area (Å²) in [6.45, 7) is 8.31. The third-order valence-electron chi connectivity index (χ3n) is 2.70. The second-order valence-corrected chi connectivity index (χ2v) is 7.36. The van der Waals surface area contributed by atoms with E-state index in [0.29, 0.717) is 13.0 Å². The first kappa shape index (κ1) is 17.1. The van der Waals surface area contributed by atoms with Gasteiger partial charge in [0.15, 0.2) is 0 Å². The van der Waals surface area contributed by atoms with Gasteiger partial charge in [-0.3, -0.25) is 4.57 Å². The third kappa shape index (κ3) is 6.32. The highest BCUT2D eigenvalue weighted by Crippen LogP contribution is 2.49. The Balaban J connectivity index is 2.54. The van der Waals surface area contributed by atoms with E-state index in [1.165, 1.54) is 0 Å². The SMILES string of the molecule is CC(C)OP(=O)(CNC1CCNCC1F)OC(C)C. The van der Waals surface area contributed by atoms with E-state index in [0.717, 1.165) is 6.54 Å². The quantitative estimate of drug-likeness (QED) is 0.706.